The third-order valence-electron chi connectivity index (χ3n) is 4.09. The highest BCUT2D eigenvalue weighted by atomic mass is 16.5. The Kier molecular flexibility index (Phi) is 5.26. The monoisotopic (exact) mass is 319 g/mol. The summed E-state index contributed by atoms with van der Waals surface area (Å²) in [6, 6.07) is 5.29. The maximum Gasteiger partial charge on any atom is 0.244 e. The first-order valence-corrected chi connectivity index (χ1v) is 7.97. The molecule has 1 aromatic rings. The minimum atomic E-state index is -0.911. The fourth-order valence-corrected chi connectivity index (χ4v) is 2.79. The average molecular weight is 319 g/mol. The smallest absolute Gasteiger partial charge is 0.244 e. The van der Waals surface area contributed by atoms with Crippen LogP contribution in [-0.4, -0.2) is 31.0 Å². The fraction of sp³-hybridized carbons (Fsp3) is 0.529. The Morgan fingerprint density at radius 1 is 1.48 bits per heavy atom. The molecule has 6 nitrogen and oxygen atoms in total. The first-order chi connectivity index (χ1) is 10.9. The molecule has 1 aliphatic rings. The van der Waals surface area contributed by atoms with Crippen LogP contribution in [0.25, 0.3) is 0 Å². The topological polar surface area (TPSA) is 84.7 Å². The summed E-state index contributed by atoms with van der Waals surface area (Å²) in [6.07, 6.45) is 2.85. The number of anilines is 2. The Morgan fingerprint density at radius 3 is 2.78 bits per heavy atom. The molecule has 2 amide bonds. The normalized spacial score (nSPS) is 17.0. The summed E-state index contributed by atoms with van der Waals surface area (Å²) in [7, 11) is 1.55. The van der Waals surface area contributed by atoms with E-state index in [9.17, 15) is 9.59 Å². The molecule has 2 rings (SSSR count). The standard InChI is InChI=1S/C17H25N3O3/c1-4-9-17(2,18)16(22)19-12-7-8-13(14(11-12)23-3)20-10-5-6-15(20)21/h7-8,11H,4-6,9-10,18H2,1-3H3,(H,19,22). The number of amides is 2. The summed E-state index contributed by atoms with van der Waals surface area (Å²) in [5.74, 6) is 0.427. The Morgan fingerprint density at radius 2 is 2.22 bits per heavy atom. The van der Waals surface area contributed by atoms with Crippen LogP contribution < -0.4 is 20.7 Å². The highest BCUT2D eigenvalue weighted by Crippen LogP contribution is 2.34. The van der Waals surface area contributed by atoms with Crippen molar-refractivity contribution in [1.29, 1.82) is 0 Å². The average Bonchev–Trinajstić information content (AvgIpc) is 2.93. The third-order valence-corrected chi connectivity index (χ3v) is 4.09. The second-order valence-corrected chi connectivity index (χ2v) is 6.16. The van der Waals surface area contributed by atoms with Crippen molar-refractivity contribution in [2.45, 2.75) is 45.1 Å². The molecule has 0 spiro atoms. The molecule has 1 saturated heterocycles. The van der Waals surface area contributed by atoms with E-state index in [0.717, 1.165) is 18.5 Å². The Hall–Kier alpha value is -2.08. The second-order valence-electron chi connectivity index (χ2n) is 6.16. The van der Waals surface area contributed by atoms with Crippen LogP contribution in [0.3, 0.4) is 0 Å². The van der Waals surface area contributed by atoms with Crippen LogP contribution in [0, 0.1) is 0 Å². The van der Waals surface area contributed by atoms with Crippen molar-refractivity contribution in [2.75, 3.05) is 23.9 Å². The number of nitrogens with zero attached hydrogens (tertiary/aromatic N) is 1. The van der Waals surface area contributed by atoms with Crippen molar-refractivity contribution in [1.82, 2.24) is 0 Å². The Balaban J connectivity index is 2.19. The fourth-order valence-electron chi connectivity index (χ4n) is 2.79. The highest BCUT2D eigenvalue weighted by Gasteiger charge is 2.28. The molecule has 0 saturated carbocycles. The minimum absolute atomic E-state index is 0.0950. The van der Waals surface area contributed by atoms with Gasteiger partial charge in [0.15, 0.2) is 0 Å². The lowest BCUT2D eigenvalue weighted by atomic mass is 9.96. The largest absolute Gasteiger partial charge is 0.494 e. The lowest BCUT2D eigenvalue weighted by Crippen LogP contribution is -2.48. The molecule has 1 aromatic carbocycles. The molecule has 0 aromatic heterocycles. The van der Waals surface area contributed by atoms with E-state index in [1.807, 2.05) is 6.92 Å². The summed E-state index contributed by atoms with van der Waals surface area (Å²) in [5, 5.41) is 2.82. The molecular weight excluding hydrogens is 294 g/mol. The molecule has 0 bridgehead atoms. The van der Waals surface area contributed by atoms with Gasteiger partial charge in [-0.25, -0.2) is 0 Å². The SMILES string of the molecule is CCCC(C)(N)C(=O)Nc1ccc(N2CCCC2=O)c(OC)c1. The van der Waals surface area contributed by atoms with Crippen molar-refractivity contribution in [3.05, 3.63) is 18.2 Å². The van der Waals surface area contributed by atoms with Crippen LogP contribution in [0.5, 0.6) is 5.75 Å². The predicted octanol–water partition coefficient (Wildman–Crippen LogP) is 2.28. The quantitative estimate of drug-likeness (QED) is 0.842. The summed E-state index contributed by atoms with van der Waals surface area (Å²) in [4.78, 5) is 25.9. The maximum absolute atomic E-state index is 12.3. The number of methoxy groups -OCH3 is 1. The predicted molar refractivity (Wildman–Crippen MR) is 90.7 cm³/mol. The van der Waals surface area contributed by atoms with E-state index in [1.54, 1.807) is 37.1 Å². The van der Waals surface area contributed by atoms with Crippen LogP contribution in [0.2, 0.25) is 0 Å². The van der Waals surface area contributed by atoms with Crippen LogP contribution >= 0.6 is 0 Å². The molecule has 6 heteroatoms. The van der Waals surface area contributed by atoms with Gasteiger partial charge in [0.25, 0.3) is 0 Å². The Bertz CT molecular complexity index is 599. The molecule has 3 N–H and O–H groups in total. The lowest BCUT2D eigenvalue weighted by molar-refractivity contribution is -0.121. The van der Waals surface area contributed by atoms with Gasteiger partial charge in [-0.1, -0.05) is 13.3 Å². The van der Waals surface area contributed by atoms with Crippen LogP contribution in [0.1, 0.15) is 39.5 Å². The summed E-state index contributed by atoms with van der Waals surface area (Å²) in [6.45, 7) is 4.40. The number of ether oxygens (including phenoxy) is 1. The molecule has 1 aliphatic heterocycles. The number of benzene rings is 1. The number of hydrogen-bond donors (Lipinski definition) is 2. The van der Waals surface area contributed by atoms with E-state index < -0.39 is 5.54 Å². The van der Waals surface area contributed by atoms with Crippen LogP contribution in [0.15, 0.2) is 18.2 Å². The first-order valence-electron chi connectivity index (χ1n) is 7.97. The number of carbonyl (C=O) groups excluding carboxylic acids is 2. The molecule has 126 valence electrons. The lowest BCUT2D eigenvalue weighted by Gasteiger charge is -2.24. The van der Waals surface area contributed by atoms with E-state index in [-0.39, 0.29) is 11.8 Å². The van der Waals surface area contributed by atoms with Gasteiger partial charge in [0.2, 0.25) is 11.8 Å². The summed E-state index contributed by atoms with van der Waals surface area (Å²) in [5.41, 5.74) is 6.47. The van der Waals surface area contributed by atoms with Gasteiger partial charge >= 0.3 is 0 Å². The highest BCUT2D eigenvalue weighted by molar-refractivity contribution is 5.99. The summed E-state index contributed by atoms with van der Waals surface area (Å²) < 4.78 is 5.38. The Labute approximate surface area is 137 Å². The van der Waals surface area contributed by atoms with E-state index in [2.05, 4.69) is 5.32 Å². The van der Waals surface area contributed by atoms with Crippen molar-refractivity contribution < 1.29 is 14.3 Å². The van der Waals surface area contributed by atoms with Crippen LogP contribution in [-0.2, 0) is 9.59 Å². The van der Waals surface area contributed by atoms with E-state index in [1.165, 1.54) is 0 Å². The molecular formula is C17H25N3O3. The second kappa shape index (κ2) is 7.00. The van der Waals surface area contributed by atoms with Gasteiger partial charge in [-0.05, 0) is 31.9 Å². The van der Waals surface area contributed by atoms with Crippen molar-refractivity contribution >= 4 is 23.2 Å². The number of carbonyl (C=O) groups is 2. The van der Waals surface area contributed by atoms with Gasteiger partial charge in [-0.3, -0.25) is 9.59 Å². The van der Waals surface area contributed by atoms with Crippen molar-refractivity contribution in [3.8, 4) is 5.75 Å². The molecule has 1 atom stereocenters. The van der Waals surface area contributed by atoms with Gasteiger partial charge in [0, 0.05) is 24.7 Å². The van der Waals surface area contributed by atoms with Gasteiger partial charge in [-0.2, -0.15) is 0 Å². The molecule has 23 heavy (non-hydrogen) atoms. The van der Waals surface area contributed by atoms with Gasteiger partial charge in [-0.15, -0.1) is 0 Å². The first kappa shape index (κ1) is 17.3. The number of nitrogens with two attached hydrogens (primary N) is 1. The number of rotatable bonds is 6. The summed E-state index contributed by atoms with van der Waals surface area (Å²) >= 11 is 0. The zero-order valence-electron chi connectivity index (χ0n) is 14.0. The molecule has 1 heterocycles. The van der Waals surface area contributed by atoms with Crippen LogP contribution in [0.4, 0.5) is 11.4 Å². The molecule has 1 fully saturated rings. The van der Waals surface area contributed by atoms with E-state index in [4.69, 9.17) is 10.5 Å². The minimum Gasteiger partial charge on any atom is -0.494 e. The van der Waals surface area contributed by atoms with E-state index in [0.29, 0.717) is 30.8 Å². The molecule has 1 unspecified atom stereocenters. The maximum atomic E-state index is 12.3. The van der Waals surface area contributed by atoms with Crippen molar-refractivity contribution in [3.63, 3.8) is 0 Å². The molecule has 0 aliphatic carbocycles. The van der Waals surface area contributed by atoms with Gasteiger partial charge < -0.3 is 20.7 Å². The number of nitrogens with one attached hydrogen (secondary N) is 1. The van der Waals surface area contributed by atoms with E-state index >= 15 is 0 Å². The third kappa shape index (κ3) is 3.82. The molecule has 0 radical (unpaired) electrons. The number of hydrogen-bond acceptors (Lipinski definition) is 4. The zero-order valence-corrected chi connectivity index (χ0v) is 14.0. The van der Waals surface area contributed by atoms with Gasteiger partial charge in [0.1, 0.15) is 5.75 Å². The van der Waals surface area contributed by atoms with Crippen molar-refractivity contribution in [2.24, 2.45) is 5.73 Å². The zero-order chi connectivity index (χ0) is 17.0. The van der Waals surface area contributed by atoms with Gasteiger partial charge in [0.05, 0.1) is 18.3 Å².